The van der Waals surface area contributed by atoms with E-state index in [1.165, 1.54) is 0 Å². The van der Waals surface area contributed by atoms with E-state index in [-0.39, 0.29) is 30.3 Å². The number of halogens is 6. The minimum atomic E-state index is -4.84. The van der Waals surface area contributed by atoms with E-state index in [2.05, 4.69) is 10.2 Å². The molecular weight excluding hydrogens is 476 g/mol. The van der Waals surface area contributed by atoms with E-state index in [0.29, 0.717) is 38.7 Å². The fourth-order valence-electron chi connectivity index (χ4n) is 4.78. The lowest BCUT2D eigenvalue weighted by molar-refractivity contribution is -0.143. The Kier molecular flexibility index (Phi) is 9.31. The molecule has 2 fully saturated rings. The minimum Gasteiger partial charge on any atom is -0.372 e. The van der Waals surface area contributed by atoms with Crippen molar-refractivity contribution in [2.45, 2.75) is 57.4 Å². The van der Waals surface area contributed by atoms with E-state index in [4.69, 9.17) is 4.74 Å². The van der Waals surface area contributed by atoms with Crippen LogP contribution in [-0.2, 0) is 21.9 Å². The molecule has 0 aromatic heterocycles. The Hall–Kier alpha value is -2.01. The Bertz CT molecular complexity index is 797. The SMILES string of the molecule is CCOCC(=O)NC1CCC(CCN2CCN(c3cc(C(F)(F)F)cc(C(F)(F)F)c3)CC2)CC1. The Morgan fingerprint density at radius 1 is 0.943 bits per heavy atom. The number of ether oxygens (including phenoxy) is 1. The summed E-state index contributed by atoms with van der Waals surface area (Å²) in [6.45, 7) is 5.18. The molecule has 1 aromatic rings. The lowest BCUT2D eigenvalue weighted by Crippen LogP contribution is -2.47. The number of piperazine rings is 1. The van der Waals surface area contributed by atoms with Gasteiger partial charge in [-0.3, -0.25) is 9.69 Å². The first-order chi connectivity index (χ1) is 16.5. The highest BCUT2D eigenvalue weighted by molar-refractivity contribution is 5.77. The lowest BCUT2D eigenvalue weighted by atomic mass is 9.84. The van der Waals surface area contributed by atoms with Crippen LogP contribution in [0.3, 0.4) is 0 Å². The van der Waals surface area contributed by atoms with Gasteiger partial charge in [0.25, 0.3) is 0 Å². The van der Waals surface area contributed by atoms with Gasteiger partial charge in [0.05, 0.1) is 11.1 Å². The molecule has 2 aliphatic rings. The van der Waals surface area contributed by atoms with E-state index in [0.717, 1.165) is 50.8 Å². The second-order valence-corrected chi connectivity index (χ2v) is 9.30. The number of carbonyl (C=O) groups is 1. The van der Waals surface area contributed by atoms with Crippen molar-refractivity contribution in [1.29, 1.82) is 0 Å². The van der Waals surface area contributed by atoms with E-state index < -0.39 is 23.5 Å². The van der Waals surface area contributed by atoms with Gasteiger partial charge in [-0.05, 0) is 69.7 Å². The maximum Gasteiger partial charge on any atom is 0.416 e. The molecular formula is C24H33F6N3O2. The van der Waals surface area contributed by atoms with E-state index >= 15 is 0 Å². The highest BCUT2D eigenvalue weighted by Crippen LogP contribution is 2.38. The number of carbonyl (C=O) groups excluding carboxylic acids is 1. The van der Waals surface area contributed by atoms with Crippen molar-refractivity contribution < 1.29 is 35.9 Å². The molecule has 1 aliphatic heterocycles. The molecule has 0 radical (unpaired) electrons. The predicted molar refractivity (Wildman–Crippen MR) is 120 cm³/mol. The minimum absolute atomic E-state index is 0.0449. The van der Waals surface area contributed by atoms with Crippen molar-refractivity contribution in [3.63, 3.8) is 0 Å². The van der Waals surface area contributed by atoms with E-state index in [1.54, 1.807) is 4.90 Å². The van der Waals surface area contributed by atoms with Gasteiger partial charge in [-0.2, -0.15) is 26.3 Å². The lowest BCUT2D eigenvalue weighted by Gasteiger charge is -2.37. The summed E-state index contributed by atoms with van der Waals surface area (Å²) in [5.74, 6) is 0.460. The van der Waals surface area contributed by atoms with Gasteiger partial charge in [0, 0.05) is 44.5 Å². The zero-order valence-electron chi connectivity index (χ0n) is 19.9. The highest BCUT2D eigenvalue weighted by atomic mass is 19.4. The van der Waals surface area contributed by atoms with Crippen molar-refractivity contribution in [2.75, 3.05) is 50.8 Å². The quantitative estimate of drug-likeness (QED) is 0.504. The van der Waals surface area contributed by atoms with Crippen molar-refractivity contribution in [1.82, 2.24) is 10.2 Å². The van der Waals surface area contributed by atoms with Gasteiger partial charge in [-0.15, -0.1) is 0 Å². The number of alkyl halides is 6. The van der Waals surface area contributed by atoms with Crippen molar-refractivity contribution in [2.24, 2.45) is 5.92 Å². The van der Waals surface area contributed by atoms with Crippen LogP contribution in [0.2, 0.25) is 0 Å². The van der Waals surface area contributed by atoms with Crippen molar-refractivity contribution in [3.05, 3.63) is 29.3 Å². The summed E-state index contributed by atoms with van der Waals surface area (Å²) < 4.78 is 84.1. The maximum atomic E-state index is 13.2. The van der Waals surface area contributed by atoms with Crippen LogP contribution < -0.4 is 10.2 Å². The molecule has 1 amide bonds. The predicted octanol–water partition coefficient (Wildman–Crippen LogP) is 4.95. The number of benzene rings is 1. The molecule has 1 saturated heterocycles. The molecule has 198 valence electrons. The highest BCUT2D eigenvalue weighted by Gasteiger charge is 2.37. The number of hydrogen-bond donors (Lipinski definition) is 1. The molecule has 1 aromatic carbocycles. The van der Waals surface area contributed by atoms with Crippen LogP contribution in [-0.4, -0.2) is 62.8 Å². The molecule has 11 heteroatoms. The topological polar surface area (TPSA) is 44.8 Å². The molecule has 35 heavy (non-hydrogen) atoms. The third kappa shape index (κ3) is 8.27. The van der Waals surface area contributed by atoms with Gasteiger partial charge in [-0.25, -0.2) is 0 Å². The van der Waals surface area contributed by atoms with Gasteiger partial charge in [0.15, 0.2) is 0 Å². The van der Waals surface area contributed by atoms with E-state index in [1.807, 2.05) is 6.92 Å². The summed E-state index contributed by atoms with van der Waals surface area (Å²) in [7, 11) is 0. The summed E-state index contributed by atoms with van der Waals surface area (Å²) >= 11 is 0. The Morgan fingerprint density at radius 3 is 2.03 bits per heavy atom. The van der Waals surface area contributed by atoms with Crippen LogP contribution >= 0.6 is 0 Å². The van der Waals surface area contributed by atoms with Crippen LogP contribution in [0.1, 0.15) is 50.2 Å². The van der Waals surface area contributed by atoms with Gasteiger partial charge in [-0.1, -0.05) is 0 Å². The summed E-state index contributed by atoms with van der Waals surface area (Å²) in [4.78, 5) is 15.6. The smallest absolute Gasteiger partial charge is 0.372 e. The second-order valence-electron chi connectivity index (χ2n) is 9.30. The zero-order valence-corrected chi connectivity index (χ0v) is 19.9. The molecule has 1 saturated carbocycles. The zero-order chi connectivity index (χ0) is 25.6. The van der Waals surface area contributed by atoms with Crippen LogP contribution in [0, 0.1) is 5.92 Å². The number of rotatable bonds is 8. The number of nitrogens with one attached hydrogen (secondary N) is 1. The van der Waals surface area contributed by atoms with Gasteiger partial charge in [0.2, 0.25) is 5.91 Å². The van der Waals surface area contributed by atoms with Crippen molar-refractivity contribution in [3.8, 4) is 0 Å². The Balaban J connectivity index is 1.45. The average Bonchev–Trinajstić information content (AvgIpc) is 2.81. The van der Waals surface area contributed by atoms with E-state index in [9.17, 15) is 31.1 Å². The first-order valence-corrected chi connectivity index (χ1v) is 12.1. The summed E-state index contributed by atoms with van der Waals surface area (Å²) in [6, 6.07) is 1.95. The van der Waals surface area contributed by atoms with Crippen molar-refractivity contribution >= 4 is 11.6 Å². The second kappa shape index (κ2) is 11.8. The van der Waals surface area contributed by atoms with Crippen LogP contribution in [0.4, 0.5) is 32.0 Å². The average molecular weight is 510 g/mol. The molecule has 5 nitrogen and oxygen atoms in total. The van der Waals surface area contributed by atoms with Gasteiger partial charge in [0.1, 0.15) is 6.61 Å². The first-order valence-electron chi connectivity index (χ1n) is 12.1. The monoisotopic (exact) mass is 509 g/mol. The Morgan fingerprint density at radius 2 is 1.51 bits per heavy atom. The largest absolute Gasteiger partial charge is 0.416 e. The molecule has 0 atom stereocenters. The molecule has 3 rings (SSSR count). The summed E-state index contributed by atoms with van der Waals surface area (Å²) in [5.41, 5.74) is -2.61. The third-order valence-corrected chi connectivity index (χ3v) is 6.81. The van der Waals surface area contributed by atoms with Gasteiger partial charge >= 0.3 is 12.4 Å². The van der Waals surface area contributed by atoms with Gasteiger partial charge < -0.3 is 15.0 Å². The summed E-state index contributed by atoms with van der Waals surface area (Å²) in [6.07, 6.45) is -4.82. The first kappa shape index (κ1) is 27.6. The molecule has 1 N–H and O–H groups in total. The third-order valence-electron chi connectivity index (χ3n) is 6.81. The molecule has 1 heterocycles. The number of anilines is 1. The fourth-order valence-corrected chi connectivity index (χ4v) is 4.78. The number of nitrogens with zero attached hydrogens (tertiary/aromatic N) is 2. The molecule has 0 spiro atoms. The number of amides is 1. The molecule has 1 aliphatic carbocycles. The normalized spacial score (nSPS) is 22.3. The van der Waals surface area contributed by atoms with Crippen LogP contribution in [0.25, 0.3) is 0 Å². The molecule has 0 bridgehead atoms. The summed E-state index contributed by atoms with van der Waals surface area (Å²) in [5, 5.41) is 3.01. The maximum absolute atomic E-state index is 13.2. The standard InChI is InChI=1S/C24H33F6N3O2/c1-2-35-16-22(34)31-20-5-3-17(4-6-20)7-8-32-9-11-33(12-10-32)21-14-18(23(25,26)27)13-19(15-21)24(28,29)30/h13-15,17,20H,2-12,16H2,1H3,(H,31,34). The molecule has 0 unspecified atom stereocenters. The van der Waals surface area contributed by atoms with Crippen LogP contribution in [0.5, 0.6) is 0 Å². The fraction of sp³-hybridized carbons (Fsp3) is 0.708. The van der Waals surface area contributed by atoms with Crippen LogP contribution in [0.15, 0.2) is 18.2 Å². The Labute approximate surface area is 201 Å². The number of hydrogen-bond acceptors (Lipinski definition) is 4.